The number of aromatic nitrogens is 3. The number of carbonyl (C=O) groups excluding carboxylic acids is 1. The summed E-state index contributed by atoms with van der Waals surface area (Å²) in [6.07, 6.45) is 11.1. The molecule has 1 amide bonds. The van der Waals surface area contributed by atoms with E-state index in [4.69, 9.17) is 0 Å². The first kappa shape index (κ1) is 17.6. The topological polar surface area (TPSA) is 51.0 Å². The minimum Gasteiger partial charge on any atom is -0.331 e. The molecule has 0 N–H and O–H groups in total. The van der Waals surface area contributed by atoms with Gasteiger partial charge >= 0.3 is 0 Å². The Balaban J connectivity index is 1.91. The van der Waals surface area contributed by atoms with E-state index >= 15 is 0 Å². The van der Waals surface area contributed by atoms with E-state index in [2.05, 4.69) is 34.9 Å². The molecule has 1 aliphatic rings. The molecular formula is C20H28N4O. The van der Waals surface area contributed by atoms with Crippen molar-refractivity contribution in [2.75, 3.05) is 0 Å². The Kier molecular flexibility index (Phi) is 5.51. The zero-order valence-electron chi connectivity index (χ0n) is 15.5. The van der Waals surface area contributed by atoms with E-state index in [0.717, 1.165) is 43.4 Å². The summed E-state index contributed by atoms with van der Waals surface area (Å²) in [5.74, 6) is 0.185. The van der Waals surface area contributed by atoms with E-state index < -0.39 is 0 Å². The van der Waals surface area contributed by atoms with Gasteiger partial charge in [-0.15, -0.1) is 0 Å². The summed E-state index contributed by atoms with van der Waals surface area (Å²) in [5, 5.41) is 4.20. The first-order valence-corrected chi connectivity index (χ1v) is 9.36. The molecule has 2 aromatic rings. The monoisotopic (exact) mass is 340 g/mol. The molecule has 25 heavy (non-hydrogen) atoms. The molecule has 2 aromatic heterocycles. The lowest BCUT2D eigenvalue weighted by molar-refractivity contribution is -0.136. The van der Waals surface area contributed by atoms with Gasteiger partial charge in [0, 0.05) is 25.5 Å². The quantitative estimate of drug-likeness (QED) is 0.809. The molecule has 0 spiro atoms. The van der Waals surface area contributed by atoms with Crippen LogP contribution in [0.2, 0.25) is 0 Å². The summed E-state index contributed by atoms with van der Waals surface area (Å²) in [7, 11) is 1.88. The second-order valence-corrected chi connectivity index (χ2v) is 6.93. The van der Waals surface area contributed by atoms with Crippen molar-refractivity contribution >= 4 is 5.91 Å². The number of pyridine rings is 1. The summed E-state index contributed by atoms with van der Waals surface area (Å²) in [6.45, 7) is 4.33. The predicted molar refractivity (Wildman–Crippen MR) is 98.0 cm³/mol. The summed E-state index contributed by atoms with van der Waals surface area (Å²) in [5.41, 5.74) is 3.37. The zero-order valence-corrected chi connectivity index (χ0v) is 15.5. The fraction of sp³-hybridized carbons (Fsp3) is 0.550. The van der Waals surface area contributed by atoms with E-state index in [-0.39, 0.29) is 18.0 Å². The molecule has 0 bridgehead atoms. The fourth-order valence-electron chi connectivity index (χ4n) is 4.00. The molecule has 0 aliphatic heterocycles. The van der Waals surface area contributed by atoms with E-state index in [1.807, 2.05) is 25.5 Å². The number of hydrogen-bond acceptors (Lipinski definition) is 3. The van der Waals surface area contributed by atoms with Gasteiger partial charge in [-0.05, 0) is 49.3 Å². The van der Waals surface area contributed by atoms with Gasteiger partial charge in [-0.1, -0.05) is 19.9 Å². The van der Waals surface area contributed by atoms with Crippen LogP contribution in [0.5, 0.6) is 0 Å². The molecular weight excluding hydrogens is 312 g/mol. The number of hydrogen-bond donors (Lipinski definition) is 0. The third-order valence-corrected chi connectivity index (χ3v) is 5.24. The van der Waals surface area contributed by atoms with Crippen molar-refractivity contribution in [2.45, 2.75) is 64.5 Å². The van der Waals surface area contributed by atoms with Crippen molar-refractivity contribution in [3.63, 3.8) is 0 Å². The van der Waals surface area contributed by atoms with Crippen LogP contribution in [-0.2, 0) is 24.7 Å². The molecule has 0 aromatic carbocycles. The predicted octanol–water partition coefficient (Wildman–Crippen LogP) is 3.45. The van der Waals surface area contributed by atoms with Crippen LogP contribution in [0.3, 0.4) is 0 Å². The van der Waals surface area contributed by atoms with Crippen LogP contribution in [0.15, 0.2) is 30.7 Å². The largest absolute Gasteiger partial charge is 0.331 e. The summed E-state index contributed by atoms with van der Waals surface area (Å²) in [4.78, 5) is 20.0. The van der Waals surface area contributed by atoms with Gasteiger partial charge in [0.1, 0.15) is 0 Å². The number of amides is 1. The molecule has 0 saturated heterocycles. The van der Waals surface area contributed by atoms with Crippen molar-refractivity contribution in [3.05, 3.63) is 47.5 Å². The van der Waals surface area contributed by atoms with Crippen LogP contribution in [0.1, 0.15) is 62.4 Å². The third-order valence-electron chi connectivity index (χ3n) is 5.24. The number of aryl methyl sites for hydroxylation is 2. The molecule has 134 valence electrons. The number of carbonyl (C=O) groups is 1. The maximum absolute atomic E-state index is 13.3. The molecule has 5 nitrogen and oxygen atoms in total. The van der Waals surface area contributed by atoms with Crippen LogP contribution < -0.4 is 0 Å². The number of fused-ring (bicyclic) bond motifs is 1. The molecule has 0 fully saturated rings. The van der Waals surface area contributed by atoms with Crippen LogP contribution in [0.4, 0.5) is 0 Å². The van der Waals surface area contributed by atoms with Gasteiger partial charge in [-0.2, -0.15) is 5.10 Å². The molecule has 0 saturated carbocycles. The Bertz CT molecular complexity index is 720. The SMILES string of the molecule is CCC(CC)N(C(=O)Cc1cnn(C)c1)C1CCCc2cccnc21. The average molecular weight is 340 g/mol. The van der Waals surface area contributed by atoms with Crippen molar-refractivity contribution in [1.82, 2.24) is 19.7 Å². The van der Waals surface area contributed by atoms with Crippen LogP contribution in [0, 0.1) is 0 Å². The summed E-state index contributed by atoms with van der Waals surface area (Å²) >= 11 is 0. The lowest BCUT2D eigenvalue weighted by Crippen LogP contribution is -2.44. The second-order valence-electron chi connectivity index (χ2n) is 6.93. The Morgan fingerprint density at radius 2 is 2.20 bits per heavy atom. The van der Waals surface area contributed by atoms with E-state index in [1.165, 1.54) is 5.56 Å². The van der Waals surface area contributed by atoms with Crippen molar-refractivity contribution < 1.29 is 4.79 Å². The van der Waals surface area contributed by atoms with Gasteiger partial charge in [-0.3, -0.25) is 14.5 Å². The van der Waals surface area contributed by atoms with Crippen molar-refractivity contribution in [3.8, 4) is 0 Å². The minimum absolute atomic E-state index is 0.0963. The maximum Gasteiger partial charge on any atom is 0.227 e. The molecule has 3 rings (SSSR count). The summed E-state index contributed by atoms with van der Waals surface area (Å²) < 4.78 is 1.75. The maximum atomic E-state index is 13.3. The minimum atomic E-state index is 0.0963. The Morgan fingerprint density at radius 1 is 1.40 bits per heavy atom. The normalized spacial score (nSPS) is 16.7. The molecule has 1 unspecified atom stereocenters. The molecule has 1 aliphatic carbocycles. The Labute approximate surface area is 150 Å². The van der Waals surface area contributed by atoms with Crippen LogP contribution in [0.25, 0.3) is 0 Å². The third kappa shape index (κ3) is 3.75. The number of nitrogens with zero attached hydrogens (tertiary/aromatic N) is 4. The lowest BCUT2D eigenvalue weighted by Gasteiger charge is -2.40. The fourth-order valence-corrected chi connectivity index (χ4v) is 4.00. The molecule has 5 heteroatoms. The molecule has 0 radical (unpaired) electrons. The Morgan fingerprint density at radius 3 is 2.88 bits per heavy atom. The average Bonchev–Trinajstić information content (AvgIpc) is 3.04. The highest BCUT2D eigenvalue weighted by atomic mass is 16.2. The van der Waals surface area contributed by atoms with Gasteiger partial charge in [0.25, 0.3) is 0 Å². The Hall–Kier alpha value is -2.17. The van der Waals surface area contributed by atoms with Crippen molar-refractivity contribution in [2.24, 2.45) is 7.05 Å². The van der Waals surface area contributed by atoms with Gasteiger partial charge < -0.3 is 4.90 Å². The highest BCUT2D eigenvalue weighted by Gasteiger charge is 2.33. The van der Waals surface area contributed by atoms with Crippen LogP contribution >= 0.6 is 0 Å². The van der Waals surface area contributed by atoms with Gasteiger partial charge in [0.2, 0.25) is 5.91 Å². The second kappa shape index (κ2) is 7.81. The van der Waals surface area contributed by atoms with Crippen molar-refractivity contribution in [1.29, 1.82) is 0 Å². The van der Waals surface area contributed by atoms with E-state index in [0.29, 0.717) is 6.42 Å². The standard InChI is InChI=1S/C20H28N4O/c1-4-17(5-2)24(19(25)12-15-13-22-23(3)14-15)18-10-6-8-16-9-7-11-21-20(16)18/h7,9,11,13-14,17-18H,4-6,8,10,12H2,1-3H3. The smallest absolute Gasteiger partial charge is 0.227 e. The molecule has 2 heterocycles. The first-order chi connectivity index (χ1) is 12.1. The van der Waals surface area contributed by atoms with E-state index in [9.17, 15) is 4.79 Å². The number of rotatable bonds is 6. The molecule has 1 atom stereocenters. The lowest BCUT2D eigenvalue weighted by atomic mass is 9.89. The van der Waals surface area contributed by atoms with Gasteiger partial charge in [0.05, 0.1) is 24.4 Å². The van der Waals surface area contributed by atoms with Crippen LogP contribution in [-0.4, -0.2) is 31.6 Å². The zero-order chi connectivity index (χ0) is 17.8. The highest BCUT2D eigenvalue weighted by molar-refractivity contribution is 5.79. The summed E-state index contributed by atoms with van der Waals surface area (Å²) in [6, 6.07) is 4.51. The first-order valence-electron chi connectivity index (χ1n) is 9.36. The highest BCUT2D eigenvalue weighted by Crippen LogP contribution is 2.35. The van der Waals surface area contributed by atoms with Gasteiger partial charge in [0.15, 0.2) is 0 Å². The van der Waals surface area contributed by atoms with Gasteiger partial charge in [-0.25, -0.2) is 0 Å². The van der Waals surface area contributed by atoms with E-state index in [1.54, 1.807) is 10.9 Å².